The number of amides is 1. The molecule has 8 heteroatoms. The molecule has 2 aliphatic rings. The zero-order valence-electron chi connectivity index (χ0n) is 18.3. The van der Waals surface area contributed by atoms with Crippen LogP contribution in [0.25, 0.3) is 28.2 Å². The van der Waals surface area contributed by atoms with Gasteiger partial charge in [0.15, 0.2) is 23.1 Å². The smallest absolute Gasteiger partial charge is 0.255 e. The zero-order valence-corrected chi connectivity index (χ0v) is 18.3. The standard InChI is InChI=1S/C24H24N6O2/c1-12-8-16(9-17-11-29(24(31)20(12)17)13(2)15-4-5-15)18-6-7-30-23(27-18)21(22(25)28-30)19-10-26-14(3)32-19/h6-10,13,15H,4-5,11H2,1-3H3,(H2,25,28)/t13-/m0/s1. The van der Waals surface area contributed by atoms with E-state index in [1.54, 1.807) is 17.6 Å². The van der Waals surface area contributed by atoms with E-state index in [0.29, 0.717) is 41.1 Å². The highest BCUT2D eigenvalue weighted by molar-refractivity contribution is 6.00. The van der Waals surface area contributed by atoms with E-state index in [4.69, 9.17) is 15.1 Å². The molecule has 0 radical (unpaired) electrons. The Bertz CT molecular complexity index is 1400. The minimum absolute atomic E-state index is 0.151. The molecule has 2 N–H and O–H groups in total. The molecular weight excluding hydrogens is 404 g/mol. The van der Waals surface area contributed by atoms with Crippen molar-refractivity contribution in [2.45, 2.75) is 46.2 Å². The van der Waals surface area contributed by atoms with Crippen molar-refractivity contribution in [1.82, 2.24) is 24.5 Å². The molecule has 4 heterocycles. The number of anilines is 1. The number of benzene rings is 1. The molecule has 1 aromatic carbocycles. The van der Waals surface area contributed by atoms with Crippen LogP contribution in [0.2, 0.25) is 0 Å². The molecule has 0 unspecified atom stereocenters. The molecule has 1 aliphatic carbocycles. The Morgan fingerprint density at radius 1 is 1.22 bits per heavy atom. The van der Waals surface area contributed by atoms with Crippen molar-refractivity contribution in [3.8, 4) is 22.6 Å². The van der Waals surface area contributed by atoms with Crippen molar-refractivity contribution in [3.63, 3.8) is 0 Å². The van der Waals surface area contributed by atoms with Crippen LogP contribution in [0.4, 0.5) is 5.82 Å². The molecule has 162 valence electrons. The Hall–Kier alpha value is -3.68. The average Bonchev–Trinajstić information content (AvgIpc) is 3.33. The SMILES string of the molecule is Cc1ncc(-c2c(N)nn3ccc(-c4cc(C)c5c(c4)CN([C@@H](C)C4CC4)C5=O)nc23)o1. The summed E-state index contributed by atoms with van der Waals surface area (Å²) in [4.78, 5) is 24.2. The van der Waals surface area contributed by atoms with Crippen LogP contribution in [-0.2, 0) is 6.54 Å². The summed E-state index contributed by atoms with van der Waals surface area (Å²) in [7, 11) is 0. The van der Waals surface area contributed by atoms with E-state index in [9.17, 15) is 4.79 Å². The summed E-state index contributed by atoms with van der Waals surface area (Å²) >= 11 is 0. The quantitative estimate of drug-likeness (QED) is 0.527. The predicted octanol–water partition coefficient (Wildman–Crippen LogP) is 4.00. The number of rotatable bonds is 4. The second kappa shape index (κ2) is 6.66. The summed E-state index contributed by atoms with van der Waals surface area (Å²) in [5.74, 6) is 2.23. The highest BCUT2D eigenvalue weighted by Crippen LogP contribution is 2.40. The van der Waals surface area contributed by atoms with Crippen molar-refractivity contribution in [2.24, 2.45) is 5.92 Å². The highest BCUT2D eigenvalue weighted by Gasteiger charge is 2.39. The van der Waals surface area contributed by atoms with Gasteiger partial charge in [0.2, 0.25) is 0 Å². The lowest BCUT2D eigenvalue weighted by atomic mass is 9.98. The minimum Gasteiger partial charge on any atom is -0.441 e. The second-order valence-corrected chi connectivity index (χ2v) is 8.92. The van der Waals surface area contributed by atoms with Crippen LogP contribution >= 0.6 is 0 Å². The summed E-state index contributed by atoms with van der Waals surface area (Å²) in [6, 6.07) is 6.34. The van der Waals surface area contributed by atoms with E-state index in [0.717, 1.165) is 27.9 Å². The Morgan fingerprint density at radius 3 is 2.75 bits per heavy atom. The Kier molecular flexibility index (Phi) is 3.96. The van der Waals surface area contributed by atoms with Crippen LogP contribution in [0.1, 0.15) is 47.1 Å². The van der Waals surface area contributed by atoms with Crippen LogP contribution in [0.3, 0.4) is 0 Å². The lowest BCUT2D eigenvalue weighted by Gasteiger charge is -2.24. The van der Waals surface area contributed by atoms with E-state index in [1.165, 1.54) is 12.8 Å². The Balaban J connectivity index is 1.43. The summed E-state index contributed by atoms with van der Waals surface area (Å²) in [6.45, 7) is 6.62. The monoisotopic (exact) mass is 428 g/mol. The van der Waals surface area contributed by atoms with Crippen molar-refractivity contribution in [2.75, 3.05) is 5.73 Å². The summed E-state index contributed by atoms with van der Waals surface area (Å²) in [5, 5.41) is 4.36. The third-order valence-electron chi connectivity index (χ3n) is 6.70. The topological polar surface area (TPSA) is 103 Å². The number of carbonyl (C=O) groups is 1. The molecule has 1 fully saturated rings. The van der Waals surface area contributed by atoms with Gasteiger partial charge in [-0.1, -0.05) is 0 Å². The maximum atomic E-state index is 13.1. The molecule has 4 aromatic rings. The number of aromatic nitrogens is 4. The maximum absolute atomic E-state index is 13.1. The Labute approximate surface area is 185 Å². The van der Waals surface area contributed by atoms with Gasteiger partial charge in [-0.25, -0.2) is 14.5 Å². The van der Waals surface area contributed by atoms with E-state index in [2.05, 4.69) is 23.1 Å². The molecule has 32 heavy (non-hydrogen) atoms. The van der Waals surface area contributed by atoms with Crippen LogP contribution in [-0.4, -0.2) is 36.4 Å². The summed E-state index contributed by atoms with van der Waals surface area (Å²) in [6.07, 6.45) is 5.92. The third-order valence-corrected chi connectivity index (χ3v) is 6.70. The minimum atomic E-state index is 0.151. The summed E-state index contributed by atoms with van der Waals surface area (Å²) in [5.41, 5.74) is 12.1. The van der Waals surface area contributed by atoms with Gasteiger partial charge >= 0.3 is 0 Å². The van der Waals surface area contributed by atoms with E-state index in [1.807, 2.05) is 30.2 Å². The van der Waals surface area contributed by atoms with Crippen LogP contribution in [0.5, 0.6) is 0 Å². The number of hydrogen-bond acceptors (Lipinski definition) is 6. The first-order valence-electron chi connectivity index (χ1n) is 10.9. The van der Waals surface area contributed by atoms with Gasteiger partial charge < -0.3 is 15.1 Å². The fraction of sp³-hybridized carbons (Fsp3) is 0.333. The molecule has 1 aliphatic heterocycles. The van der Waals surface area contributed by atoms with Gasteiger partial charge in [0.25, 0.3) is 5.91 Å². The number of hydrogen-bond donors (Lipinski definition) is 1. The lowest BCUT2D eigenvalue weighted by molar-refractivity contribution is 0.0697. The average molecular weight is 428 g/mol. The van der Waals surface area contributed by atoms with Gasteiger partial charge in [0.1, 0.15) is 5.56 Å². The van der Waals surface area contributed by atoms with Crippen LogP contribution in [0.15, 0.2) is 35.0 Å². The largest absolute Gasteiger partial charge is 0.441 e. The van der Waals surface area contributed by atoms with Gasteiger partial charge in [0, 0.05) is 36.8 Å². The fourth-order valence-corrected chi connectivity index (χ4v) is 4.82. The number of oxazole rings is 1. The molecule has 3 aromatic heterocycles. The number of fused-ring (bicyclic) bond motifs is 2. The number of carbonyl (C=O) groups excluding carboxylic acids is 1. The lowest BCUT2D eigenvalue weighted by Crippen LogP contribution is -2.34. The first kappa shape index (κ1) is 19.0. The highest BCUT2D eigenvalue weighted by atomic mass is 16.4. The van der Waals surface area contributed by atoms with Crippen LogP contribution < -0.4 is 5.73 Å². The van der Waals surface area contributed by atoms with Gasteiger partial charge in [-0.05, 0) is 61.9 Å². The predicted molar refractivity (Wildman–Crippen MR) is 120 cm³/mol. The molecule has 1 saturated carbocycles. The first-order valence-corrected chi connectivity index (χ1v) is 10.9. The van der Waals surface area contributed by atoms with E-state index >= 15 is 0 Å². The number of nitrogens with zero attached hydrogens (tertiary/aromatic N) is 5. The van der Waals surface area contributed by atoms with Gasteiger partial charge in [0.05, 0.1) is 11.9 Å². The molecule has 8 nitrogen and oxygen atoms in total. The van der Waals surface area contributed by atoms with Crippen molar-refractivity contribution in [1.29, 1.82) is 0 Å². The van der Waals surface area contributed by atoms with Crippen molar-refractivity contribution in [3.05, 3.63) is 53.2 Å². The third kappa shape index (κ3) is 2.82. The second-order valence-electron chi connectivity index (χ2n) is 8.92. The van der Waals surface area contributed by atoms with E-state index in [-0.39, 0.29) is 11.9 Å². The maximum Gasteiger partial charge on any atom is 0.255 e. The van der Waals surface area contributed by atoms with E-state index < -0.39 is 0 Å². The molecule has 6 rings (SSSR count). The van der Waals surface area contributed by atoms with Gasteiger partial charge in [-0.2, -0.15) is 0 Å². The number of nitrogen functional groups attached to an aromatic ring is 1. The normalized spacial score (nSPS) is 16.7. The molecular formula is C24H24N6O2. The number of aryl methyl sites for hydroxylation is 2. The molecule has 0 saturated heterocycles. The summed E-state index contributed by atoms with van der Waals surface area (Å²) < 4.78 is 7.33. The molecule has 1 atom stereocenters. The van der Waals surface area contributed by atoms with Gasteiger partial charge in [-0.3, -0.25) is 4.79 Å². The number of nitrogens with two attached hydrogens (primary N) is 1. The van der Waals surface area contributed by atoms with Gasteiger partial charge in [-0.15, -0.1) is 5.10 Å². The molecule has 0 spiro atoms. The fourth-order valence-electron chi connectivity index (χ4n) is 4.82. The molecule has 0 bridgehead atoms. The first-order chi connectivity index (χ1) is 15.4. The van der Waals surface area contributed by atoms with Crippen molar-refractivity contribution < 1.29 is 9.21 Å². The zero-order chi connectivity index (χ0) is 22.1. The van der Waals surface area contributed by atoms with Crippen molar-refractivity contribution >= 4 is 17.4 Å². The molecule has 1 amide bonds. The van der Waals surface area contributed by atoms with Crippen LogP contribution in [0, 0.1) is 19.8 Å². The Morgan fingerprint density at radius 2 is 2.03 bits per heavy atom.